The van der Waals surface area contributed by atoms with E-state index in [2.05, 4.69) is 33.0 Å². The summed E-state index contributed by atoms with van der Waals surface area (Å²) in [7, 11) is 1.77. The smallest absolute Gasteiger partial charge is 0.0638 e. The van der Waals surface area contributed by atoms with E-state index in [1.165, 1.54) is 19.3 Å². The molecule has 0 saturated heterocycles. The molecule has 0 amide bonds. The Kier molecular flexibility index (Phi) is 4.99. The van der Waals surface area contributed by atoms with Gasteiger partial charge in [-0.05, 0) is 44.9 Å². The lowest BCUT2D eigenvalue weighted by Crippen LogP contribution is -2.46. The largest absolute Gasteiger partial charge is 0.379 e. The van der Waals surface area contributed by atoms with Gasteiger partial charge in [-0.2, -0.15) is 0 Å². The van der Waals surface area contributed by atoms with E-state index in [0.29, 0.717) is 24.0 Å². The van der Waals surface area contributed by atoms with E-state index in [4.69, 9.17) is 10.5 Å². The summed E-state index contributed by atoms with van der Waals surface area (Å²) in [4.78, 5) is 0. The van der Waals surface area contributed by atoms with Crippen LogP contribution in [0.3, 0.4) is 0 Å². The fourth-order valence-corrected chi connectivity index (χ4v) is 2.80. The van der Waals surface area contributed by atoms with Crippen molar-refractivity contribution in [2.24, 2.45) is 11.1 Å². The molecule has 1 fully saturated rings. The molecule has 0 bridgehead atoms. The Morgan fingerprint density at radius 1 is 1.47 bits per heavy atom. The molecular formula is C14H30N2O. The molecule has 1 rings (SSSR count). The third-order valence-electron chi connectivity index (χ3n) is 4.02. The highest BCUT2D eigenvalue weighted by Gasteiger charge is 2.32. The second-order valence-corrected chi connectivity index (χ2v) is 6.87. The molecule has 0 radical (unpaired) electrons. The van der Waals surface area contributed by atoms with Crippen molar-refractivity contribution >= 4 is 0 Å². The van der Waals surface area contributed by atoms with E-state index in [1.54, 1.807) is 7.11 Å². The number of nitrogens with one attached hydrogen (secondary N) is 1. The fraction of sp³-hybridized carbons (Fsp3) is 1.00. The molecule has 1 aliphatic rings. The van der Waals surface area contributed by atoms with Gasteiger partial charge in [-0.15, -0.1) is 0 Å². The minimum absolute atomic E-state index is 0.0921. The van der Waals surface area contributed by atoms with Crippen LogP contribution < -0.4 is 11.1 Å². The van der Waals surface area contributed by atoms with Crippen LogP contribution in [0, 0.1) is 5.41 Å². The number of hydrogen-bond acceptors (Lipinski definition) is 3. The number of methoxy groups -OCH3 is 1. The van der Waals surface area contributed by atoms with Crippen LogP contribution >= 0.6 is 0 Å². The minimum Gasteiger partial charge on any atom is -0.379 e. The highest BCUT2D eigenvalue weighted by Crippen LogP contribution is 2.37. The first-order valence-electron chi connectivity index (χ1n) is 6.79. The van der Waals surface area contributed by atoms with E-state index in [9.17, 15) is 0 Å². The molecule has 2 atom stereocenters. The Morgan fingerprint density at radius 3 is 2.53 bits per heavy atom. The number of nitrogens with two attached hydrogens (primary N) is 1. The standard InChI is InChI=1S/C14H30N2O/c1-13(2)7-6-11(8-13)16-12(10-15)9-14(3,4)17-5/h11-12,16H,6-10,15H2,1-5H3. The Bertz CT molecular complexity index is 238. The number of rotatable bonds is 6. The van der Waals surface area contributed by atoms with Crippen LogP contribution in [-0.4, -0.2) is 31.3 Å². The maximum atomic E-state index is 5.86. The van der Waals surface area contributed by atoms with E-state index >= 15 is 0 Å². The average Bonchev–Trinajstić information content (AvgIpc) is 2.57. The van der Waals surface area contributed by atoms with E-state index in [0.717, 1.165) is 6.42 Å². The number of hydrogen-bond donors (Lipinski definition) is 2. The third-order valence-corrected chi connectivity index (χ3v) is 4.02. The SMILES string of the molecule is COC(C)(C)CC(CN)NC1CCC(C)(C)C1. The summed E-state index contributed by atoms with van der Waals surface area (Å²) in [5.41, 5.74) is 6.26. The van der Waals surface area contributed by atoms with Gasteiger partial charge in [0.15, 0.2) is 0 Å². The molecule has 0 spiro atoms. The second-order valence-electron chi connectivity index (χ2n) is 6.87. The highest BCUT2D eigenvalue weighted by molar-refractivity contribution is 4.90. The van der Waals surface area contributed by atoms with Gasteiger partial charge in [0.2, 0.25) is 0 Å². The van der Waals surface area contributed by atoms with Gasteiger partial charge < -0.3 is 15.8 Å². The van der Waals surface area contributed by atoms with Gasteiger partial charge in [-0.3, -0.25) is 0 Å². The Labute approximate surface area is 106 Å². The van der Waals surface area contributed by atoms with E-state index in [1.807, 2.05) is 0 Å². The molecule has 0 aromatic rings. The van der Waals surface area contributed by atoms with Gasteiger partial charge in [0, 0.05) is 25.7 Å². The predicted molar refractivity (Wildman–Crippen MR) is 73.1 cm³/mol. The lowest BCUT2D eigenvalue weighted by molar-refractivity contribution is 0.00683. The number of ether oxygens (including phenoxy) is 1. The van der Waals surface area contributed by atoms with Gasteiger partial charge >= 0.3 is 0 Å². The van der Waals surface area contributed by atoms with Crippen molar-refractivity contribution in [3.8, 4) is 0 Å². The maximum Gasteiger partial charge on any atom is 0.0638 e. The van der Waals surface area contributed by atoms with Crippen molar-refractivity contribution in [1.82, 2.24) is 5.32 Å². The van der Waals surface area contributed by atoms with E-state index < -0.39 is 0 Å². The molecular weight excluding hydrogens is 212 g/mol. The van der Waals surface area contributed by atoms with Gasteiger partial charge in [-0.1, -0.05) is 13.8 Å². The van der Waals surface area contributed by atoms with Gasteiger partial charge in [0.1, 0.15) is 0 Å². The Balaban J connectivity index is 2.43. The Morgan fingerprint density at radius 2 is 2.12 bits per heavy atom. The average molecular weight is 242 g/mol. The summed E-state index contributed by atoms with van der Waals surface area (Å²) in [5.74, 6) is 0. The fourth-order valence-electron chi connectivity index (χ4n) is 2.80. The molecule has 102 valence electrons. The summed E-state index contributed by atoms with van der Waals surface area (Å²) in [5, 5.41) is 3.71. The molecule has 0 aromatic carbocycles. The lowest BCUT2D eigenvalue weighted by Gasteiger charge is -2.30. The second kappa shape index (κ2) is 5.68. The summed E-state index contributed by atoms with van der Waals surface area (Å²) in [6.07, 6.45) is 4.82. The van der Waals surface area contributed by atoms with Crippen molar-refractivity contribution in [2.45, 2.75) is 71.1 Å². The maximum absolute atomic E-state index is 5.86. The summed E-state index contributed by atoms with van der Waals surface area (Å²) in [6, 6.07) is 0.995. The zero-order valence-electron chi connectivity index (χ0n) is 12.2. The predicted octanol–water partition coefficient (Wildman–Crippen LogP) is 2.30. The molecule has 2 unspecified atom stereocenters. The van der Waals surface area contributed by atoms with Crippen LogP contribution in [0.15, 0.2) is 0 Å². The zero-order chi connectivity index (χ0) is 13.1. The third kappa shape index (κ3) is 4.94. The topological polar surface area (TPSA) is 47.3 Å². The molecule has 3 nitrogen and oxygen atoms in total. The van der Waals surface area contributed by atoms with Gasteiger partial charge in [-0.25, -0.2) is 0 Å². The van der Waals surface area contributed by atoms with Crippen LogP contribution in [0.2, 0.25) is 0 Å². The van der Waals surface area contributed by atoms with Crippen LogP contribution in [0.5, 0.6) is 0 Å². The van der Waals surface area contributed by atoms with Crippen LogP contribution in [0.1, 0.15) is 53.4 Å². The molecule has 0 heterocycles. The van der Waals surface area contributed by atoms with E-state index in [-0.39, 0.29) is 5.60 Å². The molecule has 3 N–H and O–H groups in total. The molecule has 0 aromatic heterocycles. The van der Waals surface area contributed by atoms with Crippen molar-refractivity contribution in [3.05, 3.63) is 0 Å². The monoisotopic (exact) mass is 242 g/mol. The minimum atomic E-state index is -0.0921. The van der Waals surface area contributed by atoms with Crippen LogP contribution in [0.4, 0.5) is 0 Å². The van der Waals surface area contributed by atoms with Crippen molar-refractivity contribution in [3.63, 3.8) is 0 Å². The van der Waals surface area contributed by atoms with Crippen molar-refractivity contribution in [2.75, 3.05) is 13.7 Å². The quantitative estimate of drug-likeness (QED) is 0.751. The van der Waals surface area contributed by atoms with Crippen LogP contribution in [-0.2, 0) is 4.74 Å². The summed E-state index contributed by atoms with van der Waals surface area (Å²) < 4.78 is 5.48. The molecule has 3 heteroatoms. The van der Waals surface area contributed by atoms with Crippen molar-refractivity contribution < 1.29 is 4.74 Å². The summed E-state index contributed by atoms with van der Waals surface area (Å²) >= 11 is 0. The summed E-state index contributed by atoms with van der Waals surface area (Å²) in [6.45, 7) is 9.63. The molecule has 17 heavy (non-hydrogen) atoms. The first-order chi connectivity index (χ1) is 7.78. The molecule has 1 saturated carbocycles. The first-order valence-corrected chi connectivity index (χ1v) is 6.79. The molecule has 0 aliphatic heterocycles. The molecule has 1 aliphatic carbocycles. The lowest BCUT2D eigenvalue weighted by atomic mass is 9.91. The van der Waals surface area contributed by atoms with Crippen LogP contribution in [0.25, 0.3) is 0 Å². The Hall–Kier alpha value is -0.120. The van der Waals surface area contributed by atoms with Gasteiger partial charge in [0.05, 0.1) is 5.60 Å². The highest BCUT2D eigenvalue weighted by atomic mass is 16.5. The van der Waals surface area contributed by atoms with Gasteiger partial charge in [0.25, 0.3) is 0 Å². The zero-order valence-corrected chi connectivity index (χ0v) is 12.2. The normalized spacial score (nSPS) is 26.1. The van der Waals surface area contributed by atoms with Crippen molar-refractivity contribution in [1.29, 1.82) is 0 Å². The first kappa shape index (κ1) is 14.9.